The Morgan fingerprint density at radius 3 is 2.65 bits per heavy atom. The van der Waals surface area contributed by atoms with Crippen LogP contribution >= 0.6 is 35.0 Å². The van der Waals surface area contributed by atoms with Gasteiger partial charge in [0.05, 0.1) is 5.02 Å². The summed E-state index contributed by atoms with van der Waals surface area (Å²) in [6.07, 6.45) is 1.62. The quantitative estimate of drug-likeness (QED) is 0.926. The van der Waals surface area contributed by atoms with E-state index in [0.717, 1.165) is 15.5 Å². The molecular weight excluding hydrogens is 275 g/mol. The van der Waals surface area contributed by atoms with Gasteiger partial charge in [-0.25, -0.2) is 4.98 Å². The van der Waals surface area contributed by atoms with Crippen molar-refractivity contribution in [3.8, 4) is 0 Å². The average Bonchev–Trinajstić information content (AvgIpc) is 2.32. The Kier molecular flexibility index (Phi) is 4.29. The van der Waals surface area contributed by atoms with Crippen LogP contribution in [-0.2, 0) is 6.54 Å². The van der Waals surface area contributed by atoms with Crippen molar-refractivity contribution in [3.63, 3.8) is 0 Å². The molecule has 5 heteroatoms. The lowest BCUT2D eigenvalue weighted by molar-refractivity contribution is 1.02. The second-order valence-corrected chi connectivity index (χ2v) is 5.24. The van der Waals surface area contributed by atoms with Crippen LogP contribution in [0.15, 0.2) is 46.5 Å². The Labute approximate surface area is 114 Å². The van der Waals surface area contributed by atoms with Crippen LogP contribution in [0, 0.1) is 0 Å². The third-order valence-corrected chi connectivity index (χ3v) is 3.83. The monoisotopic (exact) mass is 284 g/mol. The van der Waals surface area contributed by atoms with Crippen LogP contribution in [0.25, 0.3) is 0 Å². The normalized spacial score (nSPS) is 10.5. The number of nitrogens with zero attached hydrogens (tertiary/aromatic N) is 1. The van der Waals surface area contributed by atoms with Crippen LogP contribution in [0.2, 0.25) is 10.0 Å². The first-order chi connectivity index (χ1) is 8.20. The number of rotatable bonds is 3. The molecule has 0 spiro atoms. The molecule has 17 heavy (non-hydrogen) atoms. The highest BCUT2D eigenvalue weighted by molar-refractivity contribution is 7.99. The van der Waals surface area contributed by atoms with Gasteiger partial charge < -0.3 is 5.73 Å². The third kappa shape index (κ3) is 3.13. The van der Waals surface area contributed by atoms with Gasteiger partial charge in [-0.1, -0.05) is 41.0 Å². The predicted octanol–water partition coefficient (Wildman–Crippen LogP) is 4.00. The van der Waals surface area contributed by atoms with Crippen LogP contribution in [0.4, 0.5) is 0 Å². The van der Waals surface area contributed by atoms with Crippen LogP contribution in [-0.4, -0.2) is 4.98 Å². The summed E-state index contributed by atoms with van der Waals surface area (Å²) in [5, 5.41) is 2.18. The van der Waals surface area contributed by atoms with E-state index in [1.807, 2.05) is 30.3 Å². The molecule has 0 saturated carbocycles. The maximum absolute atomic E-state index is 6.09. The summed E-state index contributed by atoms with van der Waals surface area (Å²) in [7, 11) is 0. The first-order valence-electron chi connectivity index (χ1n) is 4.97. The maximum Gasteiger partial charge on any atom is 0.101 e. The van der Waals surface area contributed by atoms with Gasteiger partial charge in [-0.15, -0.1) is 0 Å². The minimum atomic E-state index is 0.412. The zero-order valence-corrected chi connectivity index (χ0v) is 11.2. The largest absolute Gasteiger partial charge is 0.326 e. The molecule has 0 aliphatic heterocycles. The second kappa shape index (κ2) is 5.74. The van der Waals surface area contributed by atoms with Gasteiger partial charge in [-0.3, -0.25) is 0 Å². The molecule has 0 saturated heterocycles. The number of pyridine rings is 1. The molecule has 0 aliphatic carbocycles. The van der Waals surface area contributed by atoms with E-state index in [9.17, 15) is 0 Å². The average molecular weight is 285 g/mol. The van der Waals surface area contributed by atoms with E-state index in [4.69, 9.17) is 28.9 Å². The highest BCUT2D eigenvalue weighted by atomic mass is 35.5. The number of nitrogens with two attached hydrogens (primary N) is 1. The molecule has 2 rings (SSSR count). The standard InChI is InChI=1S/C12H10Cl2N2S/c13-8-4-5-12(16-7-8)17-11-3-1-2-10(14)9(11)6-15/h1-5,7H,6,15H2. The third-order valence-electron chi connectivity index (χ3n) is 2.19. The molecule has 0 radical (unpaired) electrons. The van der Waals surface area contributed by atoms with Gasteiger partial charge in [0, 0.05) is 22.7 Å². The summed E-state index contributed by atoms with van der Waals surface area (Å²) in [6, 6.07) is 9.40. The summed E-state index contributed by atoms with van der Waals surface area (Å²) in [5.41, 5.74) is 6.63. The molecule has 0 aliphatic rings. The highest BCUT2D eigenvalue weighted by Crippen LogP contribution is 2.32. The van der Waals surface area contributed by atoms with Crippen molar-refractivity contribution in [2.45, 2.75) is 16.5 Å². The molecule has 88 valence electrons. The predicted molar refractivity (Wildman–Crippen MR) is 72.7 cm³/mol. The number of hydrogen-bond donors (Lipinski definition) is 1. The molecule has 0 unspecified atom stereocenters. The van der Waals surface area contributed by atoms with E-state index >= 15 is 0 Å². The van der Waals surface area contributed by atoms with Crippen LogP contribution in [0.3, 0.4) is 0 Å². The van der Waals surface area contributed by atoms with Crippen molar-refractivity contribution < 1.29 is 0 Å². The summed E-state index contributed by atoms with van der Waals surface area (Å²) in [6.45, 7) is 0.412. The first-order valence-corrected chi connectivity index (χ1v) is 6.55. The minimum absolute atomic E-state index is 0.412. The summed E-state index contributed by atoms with van der Waals surface area (Å²) < 4.78 is 0. The van der Waals surface area contributed by atoms with Gasteiger partial charge in [0.1, 0.15) is 5.03 Å². The van der Waals surface area contributed by atoms with Gasteiger partial charge in [-0.05, 0) is 29.8 Å². The number of benzene rings is 1. The fourth-order valence-electron chi connectivity index (χ4n) is 1.37. The SMILES string of the molecule is NCc1c(Cl)cccc1Sc1ccc(Cl)cn1. The molecule has 0 amide bonds. The summed E-state index contributed by atoms with van der Waals surface area (Å²) >= 11 is 13.4. The van der Waals surface area contributed by atoms with E-state index in [1.54, 1.807) is 6.20 Å². The Morgan fingerprint density at radius 1 is 1.18 bits per heavy atom. The molecule has 1 heterocycles. The summed E-state index contributed by atoms with van der Waals surface area (Å²) in [5.74, 6) is 0. The van der Waals surface area contributed by atoms with Gasteiger partial charge in [0.2, 0.25) is 0 Å². The molecular formula is C12H10Cl2N2S. The Hall–Kier alpha value is -0.740. The van der Waals surface area contributed by atoms with E-state index in [0.29, 0.717) is 16.6 Å². The van der Waals surface area contributed by atoms with E-state index in [2.05, 4.69) is 4.98 Å². The minimum Gasteiger partial charge on any atom is -0.326 e. The second-order valence-electron chi connectivity index (χ2n) is 3.34. The van der Waals surface area contributed by atoms with Gasteiger partial charge >= 0.3 is 0 Å². The van der Waals surface area contributed by atoms with E-state index in [-0.39, 0.29) is 0 Å². The molecule has 1 aromatic carbocycles. The molecule has 2 N–H and O–H groups in total. The van der Waals surface area contributed by atoms with E-state index < -0.39 is 0 Å². The number of hydrogen-bond acceptors (Lipinski definition) is 3. The van der Waals surface area contributed by atoms with Crippen molar-refractivity contribution in [3.05, 3.63) is 52.1 Å². The molecule has 0 fully saturated rings. The molecule has 1 aromatic heterocycles. The maximum atomic E-state index is 6.09. The number of halogens is 2. The lowest BCUT2D eigenvalue weighted by atomic mass is 10.2. The van der Waals surface area contributed by atoms with Crippen molar-refractivity contribution in [1.82, 2.24) is 4.98 Å². The highest BCUT2D eigenvalue weighted by Gasteiger charge is 2.07. The molecule has 0 bridgehead atoms. The van der Waals surface area contributed by atoms with Crippen molar-refractivity contribution >= 4 is 35.0 Å². The zero-order chi connectivity index (χ0) is 12.3. The molecule has 2 aromatic rings. The van der Waals surface area contributed by atoms with Gasteiger partial charge in [0.15, 0.2) is 0 Å². The van der Waals surface area contributed by atoms with Gasteiger partial charge in [0.25, 0.3) is 0 Å². The topological polar surface area (TPSA) is 38.9 Å². The Morgan fingerprint density at radius 2 is 2.00 bits per heavy atom. The lowest BCUT2D eigenvalue weighted by Gasteiger charge is -2.08. The number of aromatic nitrogens is 1. The van der Waals surface area contributed by atoms with Crippen LogP contribution in [0.5, 0.6) is 0 Å². The van der Waals surface area contributed by atoms with E-state index in [1.165, 1.54) is 11.8 Å². The lowest BCUT2D eigenvalue weighted by Crippen LogP contribution is -1.99. The van der Waals surface area contributed by atoms with Crippen LogP contribution in [0.1, 0.15) is 5.56 Å². The van der Waals surface area contributed by atoms with Crippen LogP contribution < -0.4 is 5.73 Å². The first kappa shape index (κ1) is 12.7. The fraction of sp³-hybridized carbons (Fsp3) is 0.0833. The Bertz CT molecular complexity index is 514. The Balaban J connectivity index is 2.29. The fourth-order valence-corrected chi connectivity index (χ4v) is 2.72. The molecule has 2 nitrogen and oxygen atoms in total. The van der Waals surface area contributed by atoms with Crippen molar-refractivity contribution in [1.29, 1.82) is 0 Å². The van der Waals surface area contributed by atoms with Gasteiger partial charge in [-0.2, -0.15) is 0 Å². The van der Waals surface area contributed by atoms with Crippen molar-refractivity contribution in [2.24, 2.45) is 5.73 Å². The smallest absolute Gasteiger partial charge is 0.101 e. The summed E-state index contributed by atoms with van der Waals surface area (Å²) in [4.78, 5) is 5.25. The molecule has 0 atom stereocenters. The zero-order valence-electron chi connectivity index (χ0n) is 8.86. The van der Waals surface area contributed by atoms with Crippen molar-refractivity contribution in [2.75, 3.05) is 0 Å².